The summed E-state index contributed by atoms with van der Waals surface area (Å²) >= 11 is 0. The summed E-state index contributed by atoms with van der Waals surface area (Å²) in [4.78, 5) is 23.7. The van der Waals surface area contributed by atoms with Crippen LogP contribution in [0.4, 0.5) is 0 Å². The summed E-state index contributed by atoms with van der Waals surface area (Å²) in [6, 6.07) is -0.105. The lowest BCUT2D eigenvalue weighted by Crippen LogP contribution is -2.50. The third kappa shape index (κ3) is 3.48. The molecular weight excluding hydrogens is 208 g/mol. The Bertz CT molecular complexity index is 268. The van der Waals surface area contributed by atoms with Crippen LogP contribution in [0.2, 0.25) is 0 Å². The predicted octanol–water partition coefficient (Wildman–Crippen LogP) is 0.579. The molecule has 1 rings (SSSR count). The molecule has 16 heavy (non-hydrogen) atoms. The van der Waals surface area contributed by atoms with Crippen molar-refractivity contribution in [1.82, 2.24) is 4.90 Å². The van der Waals surface area contributed by atoms with Gasteiger partial charge in [-0.1, -0.05) is 6.42 Å². The molecule has 3 N–H and O–H groups in total. The highest BCUT2D eigenvalue weighted by molar-refractivity contribution is 5.79. The smallest absolute Gasteiger partial charge is 0.303 e. The topological polar surface area (TPSA) is 83.6 Å². The SMILES string of the molecule is CC(C(N)=O)N1CCCCC1CCC(=O)O. The van der Waals surface area contributed by atoms with E-state index in [1.165, 1.54) is 0 Å². The number of nitrogens with two attached hydrogens (primary N) is 1. The zero-order chi connectivity index (χ0) is 12.1. The van der Waals surface area contributed by atoms with E-state index in [1.807, 2.05) is 0 Å². The van der Waals surface area contributed by atoms with Crippen LogP contribution in [-0.4, -0.2) is 40.5 Å². The van der Waals surface area contributed by atoms with Crippen molar-refractivity contribution in [3.05, 3.63) is 0 Å². The number of piperidine rings is 1. The normalized spacial score (nSPS) is 23.9. The molecule has 0 radical (unpaired) electrons. The van der Waals surface area contributed by atoms with Gasteiger partial charge in [0, 0.05) is 12.5 Å². The van der Waals surface area contributed by atoms with E-state index in [1.54, 1.807) is 6.92 Å². The first-order valence-corrected chi connectivity index (χ1v) is 5.79. The van der Waals surface area contributed by atoms with Crippen LogP contribution in [0, 0.1) is 0 Å². The van der Waals surface area contributed by atoms with Crippen molar-refractivity contribution in [3.8, 4) is 0 Å². The molecule has 2 unspecified atom stereocenters. The summed E-state index contributed by atoms with van der Waals surface area (Å²) in [5, 5.41) is 8.67. The minimum absolute atomic E-state index is 0.159. The number of hydrogen-bond donors (Lipinski definition) is 2. The third-order valence-corrected chi connectivity index (χ3v) is 3.27. The van der Waals surface area contributed by atoms with Crippen molar-refractivity contribution in [2.75, 3.05) is 6.54 Å². The summed E-state index contributed by atoms with van der Waals surface area (Å²) in [5.74, 6) is -1.11. The second kappa shape index (κ2) is 5.84. The van der Waals surface area contributed by atoms with Gasteiger partial charge in [-0.15, -0.1) is 0 Å². The fourth-order valence-corrected chi connectivity index (χ4v) is 2.30. The lowest BCUT2D eigenvalue weighted by atomic mass is 9.96. The molecule has 1 heterocycles. The summed E-state index contributed by atoms with van der Waals surface area (Å²) < 4.78 is 0. The number of carboxylic acids is 1. The molecule has 0 aliphatic carbocycles. The number of rotatable bonds is 5. The molecule has 1 aliphatic heterocycles. The molecule has 92 valence electrons. The maximum Gasteiger partial charge on any atom is 0.303 e. The first-order chi connectivity index (χ1) is 7.52. The summed E-state index contributed by atoms with van der Waals surface area (Å²) in [6.07, 6.45) is 3.89. The molecule has 5 nitrogen and oxygen atoms in total. The van der Waals surface area contributed by atoms with Crippen LogP contribution in [0.15, 0.2) is 0 Å². The Kier molecular flexibility index (Phi) is 4.73. The average Bonchev–Trinajstić information content (AvgIpc) is 2.25. The Morgan fingerprint density at radius 2 is 2.19 bits per heavy atom. The van der Waals surface area contributed by atoms with Gasteiger partial charge in [0.1, 0.15) is 0 Å². The van der Waals surface area contributed by atoms with Gasteiger partial charge < -0.3 is 10.8 Å². The largest absolute Gasteiger partial charge is 0.481 e. The van der Waals surface area contributed by atoms with E-state index >= 15 is 0 Å². The van der Waals surface area contributed by atoms with Gasteiger partial charge in [0.25, 0.3) is 0 Å². The van der Waals surface area contributed by atoms with Gasteiger partial charge in [-0.25, -0.2) is 0 Å². The van der Waals surface area contributed by atoms with Gasteiger partial charge in [0.2, 0.25) is 5.91 Å². The molecule has 1 saturated heterocycles. The lowest BCUT2D eigenvalue weighted by molar-refractivity contribution is -0.137. The zero-order valence-corrected chi connectivity index (χ0v) is 9.69. The van der Waals surface area contributed by atoms with Gasteiger partial charge in [0.05, 0.1) is 6.04 Å². The zero-order valence-electron chi connectivity index (χ0n) is 9.69. The minimum atomic E-state index is -0.780. The summed E-state index contributed by atoms with van der Waals surface area (Å²) in [6.45, 7) is 2.63. The molecule has 5 heteroatoms. The first kappa shape index (κ1) is 13.0. The minimum Gasteiger partial charge on any atom is -0.481 e. The molecule has 0 aromatic heterocycles. The Morgan fingerprint density at radius 3 is 2.75 bits per heavy atom. The van der Waals surface area contributed by atoms with Crippen molar-refractivity contribution in [1.29, 1.82) is 0 Å². The number of carboxylic acid groups (broad SMARTS) is 1. The number of likely N-dealkylation sites (tertiary alicyclic amines) is 1. The number of amides is 1. The Morgan fingerprint density at radius 1 is 1.50 bits per heavy atom. The molecular formula is C11H20N2O3. The van der Waals surface area contributed by atoms with E-state index in [9.17, 15) is 9.59 Å². The van der Waals surface area contributed by atoms with Gasteiger partial charge >= 0.3 is 5.97 Å². The molecule has 0 bridgehead atoms. The fraction of sp³-hybridized carbons (Fsp3) is 0.818. The van der Waals surface area contributed by atoms with Crippen molar-refractivity contribution in [3.63, 3.8) is 0 Å². The van der Waals surface area contributed by atoms with Crippen LogP contribution in [0.3, 0.4) is 0 Å². The second-order valence-electron chi connectivity index (χ2n) is 4.40. The van der Waals surface area contributed by atoms with E-state index in [0.29, 0.717) is 6.42 Å². The number of nitrogens with zero attached hydrogens (tertiary/aromatic N) is 1. The number of aliphatic carboxylic acids is 1. The number of carbonyl (C=O) groups is 2. The van der Waals surface area contributed by atoms with Crippen molar-refractivity contribution < 1.29 is 14.7 Å². The van der Waals surface area contributed by atoms with Gasteiger partial charge in [-0.3, -0.25) is 14.5 Å². The molecule has 0 spiro atoms. The van der Waals surface area contributed by atoms with Crippen LogP contribution in [0.5, 0.6) is 0 Å². The second-order valence-corrected chi connectivity index (χ2v) is 4.40. The van der Waals surface area contributed by atoms with E-state index in [4.69, 9.17) is 10.8 Å². The van der Waals surface area contributed by atoms with Crippen LogP contribution < -0.4 is 5.73 Å². The number of carbonyl (C=O) groups excluding carboxylic acids is 1. The summed E-state index contributed by atoms with van der Waals surface area (Å²) in [5.41, 5.74) is 5.29. The third-order valence-electron chi connectivity index (χ3n) is 3.27. The van der Waals surface area contributed by atoms with Crippen molar-refractivity contribution >= 4 is 11.9 Å². The van der Waals surface area contributed by atoms with Crippen molar-refractivity contribution in [2.45, 2.75) is 51.1 Å². The quantitative estimate of drug-likeness (QED) is 0.721. The van der Waals surface area contributed by atoms with Crippen molar-refractivity contribution in [2.24, 2.45) is 5.73 Å². The molecule has 0 aromatic rings. The van der Waals surface area contributed by atoms with E-state index in [0.717, 1.165) is 25.8 Å². The Labute approximate surface area is 95.6 Å². The molecule has 2 atom stereocenters. The monoisotopic (exact) mass is 228 g/mol. The van der Waals surface area contributed by atoms with E-state index < -0.39 is 5.97 Å². The van der Waals surface area contributed by atoms with E-state index in [-0.39, 0.29) is 24.4 Å². The number of hydrogen-bond acceptors (Lipinski definition) is 3. The summed E-state index contributed by atoms with van der Waals surface area (Å²) in [7, 11) is 0. The Hall–Kier alpha value is -1.10. The van der Waals surface area contributed by atoms with Gasteiger partial charge in [-0.05, 0) is 32.7 Å². The number of primary amides is 1. The highest BCUT2D eigenvalue weighted by Gasteiger charge is 2.29. The maximum atomic E-state index is 11.1. The first-order valence-electron chi connectivity index (χ1n) is 5.79. The molecule has 0 aromatic carbocycles. The molecule has 0 saturated carbocycles. The van der Waals surface area contributed by atoms with Gasteiger partial charge in [-0.2, -0.15) is 0 Å². The van der Waals surface area contributed by atoms with Crippen LogP contribution in [0.1, 0.15) is 39.0 Å². The maximum absolute atomic E-state index is 11.1. The standard InChI is InChI=1S/C11H20N2O3/c1-8(11(12)16)13-7-3-2-4-9(13)5-6-10(14)15/h8-9H,2-7H2,1H3,(H2,12,16)(H,14,15). The Balaban J connectivity index is 2.56. The fourth-order valence-electron chi connectivity index (χ4n) is 2.30. The van der Waals surface area contributed by atoms with Crippen LogP contribution in [0.25, 0.3) is 0 Å². The highest BCUT2D eigenvalue weighted by Crippen LogP contribution is 2.22. The average molecular weight is 228 g/mol. The molecule has 1 fully saturated rings. The lowest BCUT2D eigenvalue weighted by Gasteiger charge is -2.38. The highest BCUT2D eigenvalue weighted by atomic mass is 16.4. The van der Waals surface area contributed by atoms with Crippen LogP contribution >= 0.6 is 0 Å². The van der Waals surface area contributed by atoms with Gasteiger partial charge in [0.15, 0.2) is 0 Å². The molecule has 1 amide bonds. The molecule has 1 aliphatic rings. The van der Waals surface area contributed by atoms with E-state index in [2.05, 4.69) is 4.90 Å². The predicted molar refractivity (Wildman–Crippen MR) is 59.9 cm³/mol. The van der Waals surface area contributed by atoms with Crippen LogP contribution in [-0.2, 0) is 9.59 Å².